The Morgan fingerprint density at radius 3 is 2.59 bits per heavy atom. The molecule has 0 bridgehead atoms. The largest absolute Gasteiger partial charge is 0.503 e. The summed E-state index contributed by atoms with van der Waals surface area (Å²) in [7, 11) is 0. The normalized spacial score (nSPS) is 10.3. The first-order valence-electron chi connectivity index (χ1n) is 6.34. The maximum atomic E-state index is 13.5. The Labute approximate surface area is 125 Å². The topological polar surface area (TPSA) is 84.6 Å². The van der Waals surface area contributed by atoms with E-state index in [1.54, 1.807) is 24.3 Å². The number of ether oxygens (including phenoxy) is 1. The lowest BCUT2D eigenvalue weighted by atomic mass is 10.2. The SMILES string of the molecule is Cc1c(F)cc(NC(=O)COc2ccc(N)cc2)c(O)c1F. The summed E-state index contributed by atoms with van der Waals surface area (Å²) in [5.41, 5.74) is 5.38. The Morgan fingerprint density at radius 1 is 1.32 bits per heavy atom. The molecule has 0 aliphatic carbocycles. The molecule has 0 heterocycles. The van der Waals surface area contributed by atoms with E-state index in [1.807, 2.05) is 0 Å². The smallest absolute Gasteiger partial charge is 0.262 e. The molecule has 0 fully saturated rings. The lowest BCUT2D eigenvalue weighted by molar-refractivity contribution is -0.118. The van der Waals surface area contributed by atoms with Gasteiger partial charge in [0.05, 0.1) is 5.69 Å². The zero-order chi connectivity index (χ0) is 16.3. The van der Waals surface area contributed by atoms with Crippen LogP contribution >= 0.6 is 0 Å². The zero-order valence-corrected chi connectivity index (χ0v) is 11.7. The number of phenolic OH excluding ortho intramolecular Hbond substituents is 1. The molecule has 0 unspecified atom stereocenters. The molecule has 0 aliphatic rings. The average Bonchev–Trinajstić information content (AvgIpc) is 2.50. The fourth-order valence-electron chi connectivity index (χ4n) is 1.70. The average molecular weight is 308 g/mol. The van der Waals surface area contributed by atoms with Crippen molar-refractivity contribution in [2.45, 2.75) is 6.92 Å². The molecule has 2 aromatic carbocycles. The number of phenols is 1. The highest BCUT2D eigenvalue weighted by atomic mass is 19.1. The highest BCUT2D eigenvalue weighted by molar-refractivity contribution is 5.93. The number of nitrogens with two attached hydrogens (primary N) is 1. The van der Waals surface area contributed by atoms with Crippen LogP contribution in [0.15, 0.2) is 30.3 Å². The van der Waals surface area contributed by atoms with Gasteiger partial charge in [-0.25, -0.2) is 8.78 Å². The predicted octanol–water partition coefficient (Wildman–Crippen LogP) is 2.58. The molecule has 0 atom stereocenters. The molecular formula is C15H14F2N2O3. The van der Waals surface area contributed by atoms with Crippen molar-refractivity contribution in [3.8, 4) is 11.5 Å². The minimum Gasteiger partial charge on any atom is -0.503 e. The van der Waals surface area contributed by atoms with Crippen molar-refractivity contribution >= 4 is 17.3 Å². The van der Waals surface area contributed by atoms with Crippen LogP contribution in [0.3, 0.4) is 0 Å². The molecule has 2 aromatic rings. The first kappa shape index (κ1) is 15.6. The van der Waals surface area contributed by atoms with Gasteiger partial charge in [-0.3, -0.25) is 4.79 Å². The molecule has 0 aliphatic heterocycles. The van der Waals surface area contributed by atoms with Gasteiger partial charge in [0.2, 0.25) is 0 Å². The summed E-state index contributed by atoms with van der Waals surface area (Å²) in [6.45, 7) is 0.792. The Morgan fingerprint density at radius 2 is 1.95 bits per heavy atom. The number of halogens is 2. The third kappa shape index (κ3) is 3.43. The molecule has 4 N–H and O–H groups in total. The first-order valence-corrected chi connectivity index (χ1v) is 6.34. The molecule has 7 heteroatoms. The molecule has 1 amide bonds. The van der Waals surface area contributed by atoms with Crippen LogP contribution in [0.2, 0.25) is 0 Å². The van der Waals surface area contributed by atoms with Gasteiger partial charge in [-0.2, -0.15) is 0 Å². The number of amides is 1. The molecule has 0 spiro atoms. The van der Waals surface area contributed by atoms with Crippen LogP contribution in [0, 0.1) is 18.6 Å². The maximum Gasteiger partial charge on any atom is 0.262 e. The standard InChI is InChI=1S/C15H14F2N2O3/c1-8-11(16)6-12(15(21)14(8)17)19-13(20)7-22-10-4-2-9(18)3-5-10/h2-6,21H,7,18H2,1H3,(H,19,20). The molecule has 22 heavy (non-hydrogen) atoms. The predicted molar refractivity (Wildman–Crippen MR) is 77.7 cm³/mol. The van der Waals surface area contributed by atoms with E-state index in [2.05, 4.69) is 5.32 Å². The van der Waals surface area contributed by atoms with Gasteiger partial charge in [0.25, 0.3) is 5.91 Å². The van der Waals surface area contributed by atoms with Crippen LogP contribution in [0.25, 0.3) is 0 Å². The third-order valence-electron chi connectivity index (χ3n) is 2.95. The fraction of sp³-hybridized carbons (Fsp3) is 0.133. The summed E-state index contributed by atoms with van der Waals surface area (Å²) < 4.78 is 32.1. The van der Waals surface area contributed by atoms with E-state index in [1.165, 1.54) is 6.92 Å². The number of nitrogens with one attached hydrogen (secondary N) is 1. The molecule has 5 nitrogen and oxygen atoms in total. The zero-order valence-electron chi connectivity index (χ0n) is 11.7. The number of carbonyl (C=O) groups is 1. The molecular weight excluding hydrogens is 294 g/mol. The number of rotatable bonds is 4. The van der Waals surface area contributed by atoms with Gasteiger partial charge >= 0.3 is 0 Å². The molecule has 0 saturated heterocycles. The van der Waals surface area contributed by atoms with E-state index in [9.17, 15) is 18.7 Å². The number of hydrogen-bond acceptors (Lipinski definition) is 4. The molecule has 2 rings (SSSR count). The highest BCUT2D eigenvalue weighted by Crippen LogP contribution is 2.30. The first-order chi connectivity index (χ1) is 10.4. The number of carbonyl (C=O) groups excluding carboxylic acids is 1. The van der Waals surface area contributed by atoms with Crippen molar-refractivity contribution in [1.29, 1.82) is 0 Å². The van der Waals surface area contributed by atoms with Gasteiger partial charge in [-0.1, -0.05) is 0 Å². The van der Waals surface area contributed by atoms with Crippen LogP contribution in [-0.2, 0) is 4.79 Å². The van der Waals surface area contributed by atoms with Crippen LogP contribution in [-0.4, -0.2) is 17.6 Å². The van der Waals surface area contributed by atoms with Crippen LogP contribution in [0.4, 0.5) is 20.2 Å². The number of hydrogen-bond donors (Lipinski definition) is 3. The van der Waals surface area contributed by atoms with Crippen LogP contribution in [0.5, 0.6) is 11.5 Å². The summed E-state index contributed by atoms with van der Waals surface area (Å²) in [5, 5.41) is 11.7. The fourth-order valence-corrected chi connectivity index (χ4v) is 1.70. The number of aromatic hydroxyl groups is 1. The summed E-state index contributed by atoms with van der Waals surface area (Å²) in [5.74, 6) is -3.07. The van der Waals surface area contributed by atoms with Gasteiger partial charge in [-0.15, -0.1) is 0 Å². The maximum absolute atomic E-state index is 13.5. The summed E-state index contributed by atoms with van der Waals surface area (Å²) >= 11 is 0. The van der Waals surface area contributed by atoms with Crippen LogP contribution in [0.1, 0.15) is 5.56 Å². The van der Waals surface area contributed by atoms with Gasteiger partial charge < -0.3 is 20.9 Å². The minimum atomic E-state index is -1.12. The second kappa shape index (κ2) is 6.30. The Bertz CT molecular complexity index is 703. The van der Waals surface area contributed by atoms with E-state index in [0.717, 1.165) is 6.07 Å². The summed E-state index contributed by atoms with van der Waals surface area (Å²) in [6.07, 6.45) is 0. The monoisotopic (exact) mass is 308 g/mol. The Kier molecular flexibility index (Phi) is 4.45. The van der Waals surface area contributed by atoms with E-state index in [-0.39, 0.29) is 17.9 Å². The van der Waals surface area contributed by atoms with Crippen molar-refractivity contribution < 1.29 is 23.4 Å². The van der Waals surface area contributed by atoms with Gasteiger partial charge in [0.1, 0.15) is 11.6 Å². The molecule has 0 saturated carbocycles. The van der Waals surface area contributed by atoms with Crippen LogP contribution < -0.4 is 15.8 Å². The lowest BCUT2D eigenvalue weighted by Gasteiger charge is -2.11. The third-order valence-corrected chi connectivity index (χ3v) is 2.95. The van der Waals surface area contributed by atoms with Crippen molar-refractivity contribution in [3.63, 3.8) is 0 Å². The molecule has 0 aromatic heterocycles. The lowest BCUT2D eigenvalue weighted by Crippen LogP contribution is -2.20. The molecule has 116 valence electrons. The van der Waals surface area contributed by atoms with Gasteiger partial charge in [0.15, 0.2) is 18.2 Å². The highest BCUT2D eigenvalue weighted by Gasteiger charge is 2.16. The number of nitrogen functional groups attached to an aromatic ring is 1. The number of benzene rings is 2. The Hall–Kier alpha value is -2.83. The van der Waals surface area contributed by atoms with Crippen molar-refractivity contribution in [2.75, 3.05) is 17.7 Å². The minimum absolute atomic E-state index is 0.325. The Balaban J connectivity index is 2.02. The van der Waals surface area contributed by atoms with E-state index in [4.69, 9.17) is 10.5 Å². The van der Waals surface area contributed by atoms with E-state index >= 15 is 0 Å². The second-order valence-electron chi connectivity index (χ2n) is 4.60. The van der Waals surface area contributed by atoms with Gasteiger partial charge in [-0.05, 0) is 31.2 Å². The van der Waals surface area contributed by atoms with Crippen molar-refractivity contribution in [2.24, 2.45) is 0 Å². The van der Waals surface area contributed by atoms with E-state index in [0.29, 0.717) is 11.4 Å². The second-order valence-corrected chi connectivity index (χ2v) is 4.60. The number of anilines is 2. The van der Waals surface area contributed by atoms with Gasteiger partial charge in [0, 0.05) is 17.3 Å². The van der Waals surface area contributed by atoms with E-state index < -0.39 is 23.3 Å². The molecule has 0 radical (unpaired) electrons. The van der Waals surface area contributed by atoms with Crippen molar-refractivity contribution in [1.82, 2.24) is 0 Å². The summed E-state index contributed by atoms with van der Waals surface area (Å²) in [6, 6.07) is 7.19. The quantitative estimate of drug-likeness (QED) is 0.598. The van der Waals surface area contributed by atoms with Crippen molar-refractivity contribution in [3.05, 3.63) is 47.5 Å². The summed E-state index contributed by atoms with van der Waals surface area (Å²) in [4.78, 5) is 11.7.